The first kappa shape index (κ1) is 14.8. The Kier molecular flexibility index (Phi) is 4.42. The Morgan fingerprint density at radius 3 is 2.76 bits per heavy atom. The van der Waals surface area contributed by atoms with Crippen molar-refractivity contribution in [3.05, 3.63) is 53.2 Å². The number of hydrogen-bond acceptors (Lipinski definition) is 4. The highest BCUT2D eigenvalue weighted by Gasteiger charge is 2.13. The number of aromatic nitrogens is 1. The highest BCUT2D eigenvalue weighted by Crippen LogP contribution is 2.28. The third-order valence-electron chi connectivity index (χ3n) is 3.18. The molecule has 1 heterocycles. The van der Waals surface area contributed by atoms with Crippen LogP contribution in [0.2, 0.25) is 0 Å². The van der Waals surface area contributed by atoms with E-state index in [9.17, 15) is 4.79 Å². The van der Waals surface area contributed by atoms with Gasteiger partial charge in [-0.25, -0.2) is 9.78 Å². The van der Waals surface area contributed by atoms with Crippen molar-refractivity contribution in [2.24, 2.45) is 0 Å². The van der Waals surface area contributed by atoms with Gasteiger partial charge in [0.05, 0.1) is 13.2 Å². The normalized spacial score (nSPS) is 11.8. The van der Waals surface area contributed by atoms with Crippen molar-refractivity contribution in [2.45, 2.75) is 19.9 Å². The minimum absolute atomic E-state index is 0.0170. The molecule has 0 fully saturated rings. The minimum Gasteiger partial charge on any atom is -0.496 e. The fraction of sp³-hybridized carbons (Fsp3) is 0.250. The lowest BCUT2D eigenvalue weighted by molar-refractivity contribution is 0.0690. The summed E-state index contributed by atoms with van der Waals surface area (Å²) in [5, 5.41) is 12.2. The van der Waals surface area contributed by atoms with E-state index in [0.717, 1.165) is 16.9 Å². The molecule has 110 valence electrons. The van der Waals surface area contributed by atoms with Crippen molar-refractivity contribution in [3.8, 4) is 5.75 Å². The molecule has 0 saturated heterocycles. The van der Waals surface area contributed by atoms with Crippen molar-refractivity contribution < 1.29 is 14.6 Å². The second kappa shape index (κ2) is 6.26. The molecule has 0 aliphatic rings. The van der Waals surface area contributed by atoms with E-state index in [1.165, 1.54) is 6.07 Å². The summed E-state index contributed by atoms with van der Waals surface area (Å²) in [6, 6.07) is 10.8. The number of aromatic carboxylic acids is 1. The van der Waals surface area contributed by atoms with Crippen LogP contribution in [0.1, 0.15) is 34.6 Å². The standard InChI is InChI=1S/C16H18N2O3/c1-10-7-8-14(21-3)12(9-10)11(2)17-15-6-4-5-13(18-15)16(19)20/h4-9,11H,1-3H3,(H,17,18)(H,19,20). The maximum atomic E-state index is 10.9. The summed E-state index contributed by atoms with van der Waals surface area (Å²) in [4.78, 5) is 15.0. The molecular weight excluding hydrogens is 268 g/mol. The van der Waals surface area contributed by atoms with Gasteiger partial charge in [0.2, 0.25) is 0 Å². The zero-order valence-electron chi connectivity index (χ0n) is 12.3. The Bertz CT molecular complexity index is 656. The van der Waals surface area contributed by atoms with Crippen LogP contribution in [-0.2, 0) is 0 Å². The molecule has 1 atom stereocenters. The smallest absolute Gasteiger partial charge is 0.354 e. The number of methoxy groups -OCH3 is 1. The van der Waals surface area contributed by atoms with Gasteiger partial charge in [0.25, 0.3) is 0 Å². The Morgan fingerprint density at radius 1 is 1.33 bits per heavy atom. The van der Waals surface area contributed by atoms with Crippen LogP contribution in [0.4, 0.5) is 5.82 Å². The number of anilines is 1. The summed E-state index contributed by atoms with van der Waals surface area (Å²) in [6.45, 7) is 3.99. The lowest BCUT2D eigenvalue weighted by Crippen LogP contribution is -2.11. The SMILES string of the molecule is COc1ccc(C)cc1C(C)Nc1cccc(C(=O)O)n1. The summed E-state index contributed by atoms with van der Waals surface area (Å²) >= 11 is 0. The van der Waals surface area contributed by atoms with Crippen molar-refractivity contribution >= 4 is 11.8 Å². The number of ether oxygens (including phenoxy) is 1. The summed E-state index contributed by atoms with van der Waals surface area (Å²) in [7, 11) is 1.63. The van der Waals surface area contributed by atoms with Crippen molar-refractivity contribution in [2.75, 3.05) is 12.4 Å². The second-order valence-corrected chi connectivity index (χ2v) is 4.82. The number of nitrogens with zero attached hydrogens (tertiary/aromatic N) is 1. The Labute approximate surface area is 123 Å². The van der Waals surface area contributed by atoms with E-state index in [-0.39, 0.29) is 11.7 Å². The molecule has 1 aromatic carbocycles. The molecule has 0 saturated carbocycles. The van der Waals surface area contributed by atoms with Crippen LogP contribution in [-0.4, -0.2) is 23.2 Å². The summed E-state index contributed by atoms with van der Waals surface area (Å²) in [5.41, 5.74) is 2.15. The number of carbonyl (C=O) groups is 1. The monoisotopic (exact) mass is 286 g/mol. The molecule has 0 amide bonds. The molecule has 0 spiro atoms. The first-order valence-corrected chi connectivity index (χ1v) is 6.62. The van der Waals surface area contributed by atoms with E-state index in [1.807, 2.05) is 32.0 Å². The second-order valence-electron chi connectivity index (χ2n) is 4.82. The molecule has 2 rings (SSSR count). The molecule has 0 bridgehead atoms. The topological polar surface area (TPSA) is 71.5 Å². The van der Waals surface area contributed by atoms with Gasteiger partial charge in [0.1, 0.15) is 11.6 Å². The molecule has 1 unspecified atom stereocenters. The van der Waals surface area contributed by atoms with Crippen LogP contribution >= 0.6 is 0 Å². The highest BCUT2D eigenvalue weighted by molar-refractivity contribution is 5.85. The van der Waals surface area contributed by atoms with Gasteiger partial charge in [0.15, 0.2) is 5.69 Å². The molecule has 5 heteroatoms. The van der Waals surface area contributed by atoms with E-state index in [2.05, 4.69) is 10.3 Å². The van der Waals surface area contributed by atoms with Gasteiger partial charge < -0.3 is 15.2 Å². The Balaban J connectivity index is 2.25. The van der Waals surface area contributed by atoms with Crippen LogP contribution in [0.3, 0.4) is 0 Å². The third kappa shape index (κ3) is 3.51. The number of benzene rings is 1. The predicted molar refractivity (Wildman–Crippen MR) is 81.0 cm³/mol. The summed E-state index contributed by atoms with van der Waals surface area (Å²) in [6.07, 6.45) is 0. The van der Waals surface area contributed by atoms with Gasteiger partial charge in [0, 0.05) is 5.56 Å². The minimum atomic E-state index is -1.04. The average molecular weight is 286 g/mol. The van der Waals surface area contributed by atoms with Gasteiger partial charge in [-0.15, -0.1) is 0 Å². The average Bonchev–Trinajstić information content (AvgIpc) is 2.47. The number of pyridine rings is 1. The van der Waals surface area contributed by atoms with Crippen LogP contribution in [0, 0.1) is 6.92 Å². The van der Waals surface area contributed by atoms with E-state index >= 15 is 0 Å². The van der Waals surface area contributed by atoms with E-state index < -0.39 is 5.97 Å². The first-order valence-electron chi connectivity index (χ1n) is 6.62. The lowest BCUT2D eigenvalue weighted by atomic mass is 10.0. The Hall–Kier alpha value is -2.56. The largest absolute Gasteiger partial charge is 0.496 e. The van der Waals surface area contributed by atoms with Gasteiger partial charge >= 0.3 is 5.97 Å². The fourth-order valence-corrected chi connectivity index (χ4v) is 2.13. The van der Waals surface area contributed by atoms with Crippen molar-refractivity contribution in [3.63, 3.8) is 0 Å². The zero-order chi connectivity index (χ0) is 15.4. The van der Waals surface area contributed by atoms with Crippen molar-refractivity contribution in [1.29, 1.82) is 0 Å². The van der Waals surface area contributed by atoms with Crippen molar-refractivity contribution in [1.82, 2.24) is 4.98 Å². The van der Waals surface area contributed by atoms with Gasteiger partial charge in [-0.3, -0.25) is 0 Å². The lowest BCUT2D eigenvalue weighted by Gasteiger charge is -2.18. The number of rotatable bonds is 5. The predicted octanol–water partition coefficient (Wildman–Crippen LogP) is 3.27. The molecule has 0 aliphatic heterocycles. The van der Waals surface area contributed by atoms with Crippen LogP contribution in [0.15, 0.2) is 36.4 Å². The maximum absolute atomic E-state index is 10.9. The highest BCUT2D eigenvalue weighted by atomic mass is 16.5. The molecule has 2 N–H and O–H groups in total. The van der Waals surface area contributed by atoms with Crippen LogP contribution in [0.5, 0.6) is 5.75 Å². The molecule has 5 nitrogen and oxygen atoms in total. The summed E-state index contributed by atoms with van der Waals surface area (Å²) in [5.74, 6) is 0.264. The number of carboxylic acids is 1. The molecular formula is C16H18N2O3. The molecule has 0 radical (unpaired) electrons. The molecule has 1 aromatic heterocycles. The van der Waals surface area contributed by atoms with Crippen LogP contribution in [0.25, 0.3) is 0 Å². The van der Waals surface area contributed by atoms with E-state index in [4.69, 9.17) is 9.84 Å². The fourth-order valence-electron chi connectivity index (χ4n) is 2.13. The zero-order valence-corrected chi connectivity index (χ0v) is 12.3. The van der Waals surface area contributed by atoms with E-state index in [1.54, 1.807) is 19.2 Å². The summed E-state index contributed by atoms with van der Waals surface area (Å²) < 4.78 is 5.37. The molecule has 0 aliphatic carbocycles. The number of nitrogens with one attached hydrogen (secondary N) is 1. The van der Waals surface area contributed by atoms with Crippen LogP contribution < -0.4 is 10.1 Å². The maximum Gasteiger partial charge on any atom is 0.354 e. The van der Waals surface area contributed by atoms with E-state index in [0.29, 0.717) is 5.82 Å². The molecule has 2 aromatic rings. The number of aryl methyl sites for hydroxylation is 1. The quantitative estimate of drug-likeness (QED) is 0.882. The van der Waals surface area contributed by atoms with Gasteiger partial charge in [-0.2, -0.15) is 0 Å². The third-order valence-corrected chi connectivity index (χ3v) is 3.18. The Morgan fingerprint density at radius 2 is 2.10 bits per heavy atom. The number of carboxylic acid groups (broad SMARTS) is 1. The first-order chi connectivity index (χ1) is 10.0. The van der Waals surface area contributed by atoms with Gasteiger partial charge in [-0.1, -0.05) is 23.8 Å². The van der Waals surface area contributed by atoms with Gasteiger partial charge in [-0.05, 0) is 32.0 Å². The molecule has 21 heavy (non-hydrogen) atoms. The number of hydrogen-bond donors (Lipinski definition) is 2.